The van der Waals surface area contributed by atoms with Crippen molar-refractivity contribution in [2.45, 2.75) is 45.5 Å². The monoisotopic (exact) mass is 213 g/mol. The molecule has 0 aliphatic rings. The predicted molar refractivity (Wildman–Crippen MR) is 49.2 cm³/mol. The van der Waals surface area contributed by atoms with Crippen molar-refractivity contribution in [3.05, 3.63) is 0 Å². The number of halogens is 3. The molecule has 14 heavy (non-hydrogen) atoms. The molecule has 0 aromatic heterocycles. The SMILES string of the molecule is CCC(CNC(C)C)OCC(F)(F)F. The highest BCUT2D eigenvalue weighted by atomic mass is 19.4. The fourth-order valence-corrected chi connectivity index (χ4v) is 0.901. The molecule has 0 radical (unpaired) electrons. The van der Waals surface area contributed by atoms with E-state index in [1.807, 2.05) is 20.8 Å². The lowest BCUT2D eigenvalue weighted by atomic mass is 10.2. The van der Waals surface area contributed by atoms with Gasteiger partial charge in [0.25, 0.3) is 0 Å². The Balaban J connectivity index is 3.69. The summed E-state index contributed by atoms with van der Waals surface area (Å²) in [4.78, 5) is 0. The predicted octanol–water partition coefficient (Wildman–Crippen LogP) is 2.34. The molecule has 0 aliphatic carbocycles. The second-order valence-corrected chi connectivity index (χ2v) is 3.52. The van der Waals surface area contributed by atoms with Crippen molar-refractivity contribution in [1.82, 2.24) is 5.32 Å². The largest absolute Gasteiger partial charge is 0.411 e. The third kappa shape index (κ3) is 8.31. The van der Waals surface area contributed by atoms with Crippen molar-refractivity contribution in [3.63, 3.8) is 0 Å². The summed E-state index contributed by atoms with van der Waals surface area (Å²) in [6.07, 6.45) is -4.01. The van der Waals surface area contributed by atoms with Gasteiger partial charge in [-0.05, 0) is 6.42 Å². The molecule has 0 aromatic rings. The van der Waals surface area contributed by atoms with E-state index in [0.717, 1.165) is 0 Å². The van der Waals surface area contributed by atoms with Crippen LogP contribution >= 0.6 is 0 Å². The van der Waals surface area contributed by atoms with E-state index in [1.54, 1.807) is 0 Å². The second-order valence-electron chi connectivity index (χ2n) is 3.52. The third-order valence-corrected chi connectivity index (χ3v) is 1.69. The zero-order valence-corrected chi connectivity index (χ0v) is 8.82. The fourth-order valence-electron chi connectivity index (χ4n) is 0.901. The van der Waals surface area contributed by atoms with Crippen molar-refractivity contribution in [3.8, 4) is 0 Å². The fraction of sp³-hybridized carbons (Fsp3) is 1.00. The highest BCUT2D eigenvalue weighted by molar-refractivity contribution is 4.63. The van der Waals surface area contributed by atoms with Crippen LogP contribution in [0.2, 0.25) is 0 Å². The van der Waals surface area contributed by atoms with Crippen LogP contribution in [0.15, 0.2) is 0 Å². The van der Waals surface area contributed by atoms with E-state index >= 15 is 0 Å². The molecule has 86 valence electrons. The molecule has 0 aromatic carbocycles. The van der Waals surface area contributed by atoms with Crippen LogP contribution in [0.25, 0.3) is 0 Å². The summed E-state index contributed by atoms with van der Waals surface area (Å²) in [5.41, 5.74) is 0. The van der Waals surface area contributed by atoms with Gasteiger partial charge in [0.1, 0.15) is 6.61 Å². The molecule has 1 atom stereocenters. The molecular weight excluding hydrogens is 195 g/mol. The first kappa shape index (κ1) is 13.7. The lowest BCUT2D eigenvalue weighted by Crippen LogP contribution is -2.35. The Morgan fingerprint density at radius 1 is 1.29 bits per heavy atom. The average Bonchev–Trinajstić information content (AvgIpc) is 2.02. The summed E-state index contributed by atoms with van der Waals surface area (Å²) in [6.45, 7) is 4.99. The van der Waals surface area contributed by atoms with Crippen molar-refractivity contribution in [2.75, 3.05) is 13.2 Å². The first-order valence-electron chi connectivity index (χ1n) is 4.77. The molecule has 1 unspecified atom stereocenters. The maximum atomic E-state index is 11.8. The van der Waals surface area contributed by atoms with E-state index in [-0.39, 0.29) is 12.1 Å². The number of hydrogen-bond donors (Lipinski definition) is 1. The van der Waals surface area contributed by atoms with Crippen molar-refractivity contribution >= 4 is 0 Å². The molecule has 0 aliphatic heterocycles. The highest BCUT2D eigenvalue weighted by Crippen LogP contribution is 2.16. The van der Waals surface area contributed by atoms with Gasteiger partial charge in [-0.1, -0.05) is 20.8 Å². The van der Waals surface area contributed by atoms with Gasteiger partial charge in [-0.25, -0.2) is 0 Å². The maximum Gasteiger partial charge on any atom is 0.411 e. The van der Waals surface area contributed by atoms with Crippen LogP contribution in [0, 0.1) is 0 Å². The van der Waals surface area contributed by atoms with E-state index in [1.165, 1.54) is 0 Å². The minimum Gasteiger partial charge on any atom is -0.367 e. The van der Waals surface area contributed by atoms with E-state index in [2.05, 4.69) is 5.32 Å². The molecule has 0 saturated heterocycles. The van der Waals surface area contributed by atoms with Crippen LogP contribution in [0.5, 0.6) is 0 Å². The van der Waals surface area contributed by atoms with Gasteiger partial charge < -0.3 is 10.1 Å². The zero-order valence-electron chi connectivity index (χ0n) is 8.82. The molecule has 1 N–H and O–H groups in total. The lowest BCUT2D eigenvalue weighted by molar-refractivity contribution is -0.185. The zero-order chi connectivity index (χ0) is 11.2. The van der Waals surface area contributed by atoms with Crippen LogP contribution in [0.1, 0.15) is 27.2 Å². The molecule has 0 amide bonds. The lowest BCUT2D eigenvalue weighted by Gasteiger charge is -2.19. The number of hydrogen-bond acceptors (Lipinski definition) is 2. The Bertz CT molecular complexity index is 147. The van der Waals surface area contributed by atoms with Gasteiger partial charge in [0.15, 0.2) is 0 Å². The van der Waals surface area contributed by atoms with Crippen molar-refractivity contribution < 1.29 is 17.9 Å². The molecule has 0 fully saturated rings. The van der Waals surface area contributed by atoms with Gasteiger partial charge >= 0.3 is 6.18 Å². The van der Waals surface area contributed by atoms with E-state index in [0.29, 0.717) is 13.0 Å². The summed E-state index contributed by atoms with van der Waals surface area (Å²) < 4.78 is 40.1. The van der Waals surface area contributed by atoms with Gasteiger partial charge in [-0.2, -0.15) is 13.2 Å². The van der Waals surface area contributed by atoms with Gasteiger partial charge in [-0.3, -0.25) is 0 Å². The molecule has 0 heterocycles. The Morgan fingerprint density at radius 2 is 1.86 bits per heavy atom. The molecule has 0 bridgehead atoms. The minimum absolute atomic E-state index is 0.263. The van der Waals surface area contributed by atoms with Crippen LogP contribution in [0.3, 0.4) is 0 Å². The summed E-state index contributed by atoms with van der Waals surface area (Å²) >= 11 is 0. The van der Waals surface area contributed by atoms with Crippen LogP contribution in [-0.4, -0.2) is 31.5 Å². The summed E-state index contributed by atoms with van der Waals surface area (Å²) in [7, 11) is 0. The standard InChI is InChI=1S/C9H18F3NO/c1-4-8(5-13-7(2)3)14-6-9(10,11)12/h7-8,13H,4-6H2,1-3H3. The number of alkyl halides is 3. The third-order valence-electron chi connectivity index (χ3n) is 1.69. The number of rotatable bonds is 6. The summed E-state index contributed by atoms with van der Waals surface area (Å²) in [5.74, 6) is 0. The van der Waals surface area contributed by atoms with Crippen molar-refractivity contribution in [2.24, 2.45) is 0 Å². The van der Waals surface area contributed by atoms with Gasteiger partial charge in [-0.15, -0.1) is 0 Å². The van der Waals surface area contributed by atoms with E-state index in [4.69, 9.17) is 4.74 Å². The Morgan fingerprint density at radius 3 is 2.21 bits per heavy atom. The quantitative estimate of drug-likeness (QED) is 0.731. The van der Waals surface area contributed by atoms with Gasteiger partial charge in [0.2, 0.25) is 0 Å². The minimum atomic E-state index is -4.23. The molecule has 2 nitrogen and oxygen atoms in total. The molecule has 0 spiro atoms. The molecule has 5 heteroatoms. The molecule has 0 rings (SSSR count). The average molecular weight is 213 g/mol. The van der Waals surface area contributed by atoms with E-state index in [9.17, 15) is 13.2 Å². The van der Waals surface area contributed by atoms with Crippen LogP contribution in [-0.2, 0) is 4.74 Å². The maximum absolute atomic E-state index is 11.8. The number of nitrogens with one attached hydrogen (secondary N) is 1. The Labute approximate surface area is 82.8 Å². The highest BCUT2D eigenvalue weighted by Gasteiger charge is 2.28. The normalized spacial score (nSPS) is 14.8. The first-order valence-corrected chi connectivity index (χ1v) is 4.77. The molecular formula is C9H18F3NO. The Kier molecular flexibility index (Phi) is 6.11. The van der Waals surface area contributed by atoms with Crippen LogP contribution < -0.4 is 5.32 Å². The Hall–Kier alpha value is -0.290. The second kappa shape index (κ2) is 6.24. The number of ether oxygens (including phenoxy) is 1. The summed E-state index contributed by atoms with van der Waals surface area (Å²) in [5, 5.41) is 3.04. The van der Waals surface area contributed by atoms with Crippen LogP contribution in [0.4, 0.5) is 13.2 Å². The molecule has 0 saturated carbocycles. The van der Waals surface area contributed by atoms with E-state index < -0.39 is 12.8 Å². The van der Waals surface area contributed by atoms with Gasteiger partial charge in [0, 0.05) is 12.6 Å². The van der Waals surface area contributed by atoms with Crippen molar-refractivity contribution in [1.29, 1.82) is 0 Å². The first-order chi connectivity index (χ1) is 6.35. The topological polar surface area (TPSA) is 21.3 Å². The smallest absolute Gasteiger partial charge is 0.367 e. The summed E-state index contributed by atoms with van der Waals surface area (Å²) in [6, 6.07) is 0.263. The van der Waals surface area contributed by atoms with Gasteiger partial charge in [0.05, 0.1) is 6.10 Å².